The number of allylic oxidation sites excluding steroid dienone is 1. The number of morpholine rings is 1. The van der Waals surface area contributed by atoms with Gasteiger partial charge < -0.3 is 35.7 Å². The molecule has 2 aromatic rings. The molecule has 1 saturated heterocycles. The summed E-state index contributed by atoms with van der Waals surface area (Å²) in [6.07, 6.45) is -0.0326. The van der Waals surface area contributed by atoms with Gasteiger partial charge >= 0.3 is 0 Å². The van der Waals surface area contributed by atoms with Crippen LogP contribution in [-0.4, -0.2) is 74.2 Å². The molecule has 1 unspecified atom stereocenters. The third-order valence-corrected chi connectivity index (χ3v) is 5.69. The summed E-state index contributed by atoms with van der Waals surface area (Å²) >= 11 is 0. The third-order valence-electron chi connectivity index (χ3n) is 5.69. The van der Waals surface area contributed by atoms with E-state index >= 15 is 0 Å². The number of anilines is 1. The number of para-hydroxylation sites is 1. The summed E-state index contributed by atoms with van der Waals surface area (Å²) in [5, 5.41) is 32.9. The molecule has 1 fully saturated rings. The number of amides is 1. The molecule has 0 saturated carbocycles. The fraction of sp³-hybridized carbons (Fsp3) is 0.240. The summed E-state index contributed by atoms with van der Waals surface area (Å²) in [4.78, 5) is 19.5. The predicted octanol–water partition coefficient (Wildman–Crippen LogP) is 1.73. The molecule has 11 nitrogen and oxygen atoms in total. The molecule has 4 rings (SSSR count). The van der Waals surface area contributed by atoms with E-state index in [1.807, 2.05) is 53.4 Å². The van der Waals surface area contributed by atoms with Crippen LogP contribution in [0.15, 0.2) is 71.0 Å². The number of ether oxygens (including phenoxy) is 2. The Morgan fingerprint density at radius 3 is 2.53 bits per heavy atom. The fourth-order valence-electron chi connectivity index (χ4n) is 3.97. The molecular formula is C25H28N8O3. The highest BCUT2D eigenvalue weighted by molar-refractivity contribution is 6.19. The molecule has 2 heterocycles. The Morgan fingerprint density at radius 1 is 1.14 bits per heavy atom. The van der Waals surface area contributed by atoms with Gasteiger partial charge in [0.1, 0.15) is 5.70 Å². The van der Waals surface area contributed by atoms with Crippen LogP contribution in [0.2, 0.25) is 0 Å². The molecule has 2 aliphatic rings. The van der Waals surface area contributed by atoms with Gasteiger partial charge in [-0.2, -0.15) is 0 Å². The van der Waals surface area contributed by atoms with Crippen molar-refractivity contribution in [1.29, 1.82) is 16.2 Å². The van der Waals surface area contributed by atoms with Crippen molar-refractivity contribution in [2.75, 3.05) is 38.7 Å². The topological polar surface area (TPSA) is 159 Å². The Bertz CT molecular complexity index is 1220. The van der Waals surface area contributed by atoms with Gasteiger partial charge in [-0.05, 0) is 6.07 Å². The van der Waals surface area contributed by atoms with E-state index in [9.17, 15) is 4.79 Å². The normalized spacial score (nSPS) is 17.9. The number of fused-ring (bicyclic) bond motifs is 1. The van der Waals surface area contributed by atoms with Gasteiger partial charge in [0.15, 0.2) is 0 Å². The number of carbonyl (C=O) groups excluding carboxylic acids is 1. The van der Waals surface area contributed by atoms with Gasteiger partial charge in [0.2, 0.25) is 12.1 Å². The van der Waals surface area contributed by atoms with E-state index in [-0.39, 0.29) is 11.6 Å². The molecule has 11 heteroatoms. The van der Waals surface area contributed by atoms with Crippen molar-refractivity contribution in [3.63, 3.8) is 0 Å². The van der Waals surface area contributed by atoms with Gasteiger partial charge in [-0.1, -0.05) is 48.5 Å². The summed E-state index contributed by atoms with van der Waals surface area (Å²) in [6.45, 7) is 2.17. The molecule has 186 valence electrons. The van der Waals surface area contributed by atoms with Crippen LogP contribution >= 0.6 is 0 Å². The van der Waals surface area contributed by atoms with Gasteiger partial charge in [0.05, 0.1) is 30.3 Å². The number of likely N-dealkylation sites (N-methyl/N-ethyl adjacent to an activating group) is 1. The molecule has 1 amide bonds. The first-order chi connectivity index (χ1) is 17.5. The quantitative estimate of drug-likeness (QED) is 0.268. The van der Waals surface area contributed by atoms with E-state index < -0.39 is 18.1 Å². The molecule has 0 aliphatic carbocycles. The number of benzodiazepines with no additional fused rings is 1. The van der Waals surface area contributed by atoms with Crippen molar-refractivity contribution >= 4 is 35.4 Å². The second-order valence-corrected chi connectivity index (χ2v) is 7.94. The first-order valence-electron chi connectivity index (χ1n) is 11.4. The highest BCUT2D eigenvalue weighted by Crippen LogP contribution is 2.23. The summed E-state index contributed by atoms with van der Waals surface area (Å²) < 4.78 is 10.8. The van der Waals surface area contributed by atoms with E-state index in [4.69, 9.17) is 25.7 Å². The number of nitrogens with one attached hydrogen (secondary N) is 6. The Kier molecular flexibility index (Phi) is 7.71. The molecule has 36 heavy (non-hydrogen) atoms. The van der Waals surface area contributed by atoms with Crippen molar-refractivity contribution in [2.45, 2.75) is 6.17 Å². The van der Waals surface area contributed by atoms with Crippen LogP contribution in [-0.2, 0) is 14.3 Å². The molecule has 0 radical (unpaired) electrons. The highest BCUT2D eigenvalue weighted by Gasteiger charge is 2.27. The Morgan fingerprint density at radius 2 is 1.83 bits per heavy atom. The predicted molar refractivity (Wildman–Crippen MR) is 138 cm³/mol. The minimum Gasteiger partial charge on any atom is -0.405 e. The molecule has 1 atom stereocenters. The largest absolute Gasteiger partial charge is 0.405 e. The van der Waals surface area contributed by atoms with Gasteiger partial charge in [0, 0.05) is 37.5 Å². The average molecular weight is 489 g/mol. The number of rotatable bonds is 6. The Balaban J connectivity index is 1.56. The molecule has 2 aliphatic heterocycles. The summed E-state index contributed by atoms with van der Waals surface area (Å²) in [7, 11) is 1.61. The number of carbonyl (C=O) groups is 1. The molecule has 0 spiro atoms. The van der Waals surface area contributed by atoms with Crippen molar-refractivity contribution < 1.29 is 14.3 Å². The van der Waals surface area contributed by atoms with Gasteiger partial charge in [0.25, 0.3) is 11.9 Å². The maximum Gasteiger partial charge on any atom is 0.290 e. The minimum atomic E-state index is -1.17. The van der Waals surface area contributed by atoms with Crippen LogP contribution in [0.1, 0.15) is 11.1 Å². The lowest BCUT2D eigenvalue weighted by atomic mass is 10.0. The van der Waals surface area contributed by atoms with Crippen LogP contribution in [0.5, 0.6) is 0 Å². The molecular weight excluding hydrogens is 460 g/mol. The third kappa shape index (κ3) is 5.41. The zero-order valence-electron chi connectivity index (χ0n) is 19.8. The maximum atomic E-state index is 13.0. The molecule has 6 N–H and O–H groups in total. The Hall–Kier alpha value is -4.51. The van der Waals surface area contributed by atoms with E-state index in [1.54, 1.807) is 13.1 Å². The Labute approximate surface area is 208 Å². The zero-order chi connectivity index (χ0) is 25.5. The lowest BCUT2D eigenvalue weighted by Crippen LogP contribution is -2.44. The molecule has 0 bridgehead atoms. The maximum absolute atomic E-state index is 13.0. The van der Waals surface area contributed by atoms with Crippen molar-refractivity contribution in [3.05, 3.63) is 77.1 Å². The van der Waals surface area contributed by atoms with Gasteiger partial charge in [-0.15, -0.1) is 0 Å². The molecule has 2 aromatic carbocycles. The van der Waals surface area contributed by atoms with Gasteiger partial charge in [-0.25, -0.2) is 4.99 Å². The number of benzene rings is 2. The van der Waals surface area contributed by atoms with E-state index in [0.717, 1.165) is 17.3 Å². The van der Waals surface area contributed by atoms with Crippen LogP contribution in [0.25, 0.3) is 0 Å². The monoisotopic (exact) mass is 488 g/mol. The summed E-state index contributed by atoms with van der Waals surface area (Å²) in [5.74, 6) is -0.837. The average Bonchev–Trinajstić information content (AvgIpc) is 3.04. The zero-order valence-corrected chi connectivity index (χ0v) is 19.8. The van der Waals surface area contributed by atoms with E-state index in [0.29, 0.717) is 43.4 Å². The van der Waals surface area contributed by atoms with Crippen molar-refractivity contribution in [2.24, 2.45) is 4.99 Å². The van der Waals surface area contributed by atoms with E-state index in [2.05, 4.69) is 20.9 Å². The number of nitrogens with zero attached hydrogens (tertiary/aromatic N) is 2. The lowest BCUT2D eigenvalue weighted by Gasteiger charge is -2.30. The number of amidine groups is 1. The van der Waals surface area contributed by atoms with Gasteiger partial charge in [-0.3, -0.25) is 15.6 Å². The lowest BCUT2D eigenvalue weighted by molar-refractivity contribution is -0.117. The number of hydrogen-bond acceptors (Lipinski definition) is 9. The second kappa shape index (κ2) is 11.3. The highest BCUT2D eigenvalue weighted by atomic mass is 16.5. The second-order valence-electron chi connectivity index (χ2n) is 7.94. The number of hydrogen-bond donors (Lipinski definition) is 6. The fourth-order valence-corrected chi connectivity index (χ4v) is 3.97. The van der Waals surface area contributed by atoms with E-state index in [1.165, 1.54) is 0 Å². The summed E-state index contributed by atoms with van der Waals surface area (Å²) in [6, 6.07) is 16.3. The van der Waals surface area contributed by atoms with Crippen LogP contribution in [0, 0.1) is 16.2 Å². The first-order valence-corrected chi connectivity index (χ1v) is 11.4. The van der Waals surface area contributed by atoms with Crippen molar-refractivity contribution in [3.8, 4) is 0 Å². The minimum absolute atomic E-state index is 0.240. The van der Waals surface area contributed by atoms with Crippen LogP contribution in [0.3, 0.4) is 0 Å². The summed E-state index contributed by atoms with van der Waals surface area (Å²) in [5.41, 5.74) is 3.45. The smallest absolute Gasteiger partial charge is 0.290 e. The first kappa shape index (κ1) is 24.6. The van der Waals surface area contributed by atoms with Crippen LogP contribution in [0.4, 0.5) is 5.69 Å². The number of aliphatic imine (C=N–C) groups is 1. The van der Waals surface area contributed by atoms with Crippen molar-refractivity contribution in [1.82, 2.24) is 15.5 Å². The SMILES string of the molecule is CN/C(C(=N)OC(=N)NC1N=C(c2ccccc2)c2ccccc2NC1=O)=C(\C=N)N1CCOCC1. The van der Waals surface area contributed by atoms with Crippen LogP contribution < -0.4 is 16.0 Å². The standard InChI is InChI=1S/C25H28N8O3/c1-29-21(19(15-26)33-11-13-35-14-12-33)22(27)36-25(28)32-23-24(34)30-18-10-6-5-9-17(18)20(31-23)16-7-3-2-4-8-16/h2-10,15,23,26-27,29H,11-14H2,1H3,(H2,28,32)(H,30,34)/b21-19+,26-15?,27-22?. The molecule has 0 aromatic heterocycles.